The lowest BCUT2D eigenvalue weighted by Crippen LogP contribution is -2.25. The number of nitro groups is 1. The number of nitrogens with zero attached hydrogens (tertiary/aromatic N) is 1. The number of hydrogen-bond acceptors (Lipinski definition) is 4. The van der Waals surface area contributed by atoms with Gasteiger partial charge in [0.1, 0.15) is 0 Å². The first-order valence-electron chi connectivity index (χ1n) is 6.41. The normalized spacial score (nSPS) is 10.5. The van der Waals surface area contributed by atoms with Crippen LogP contribution in [0, 0.1) is 10.1 Å². The van der Waals surface area contributed by atoms with Gasteiger partial charge in [0.2, 0.25) is 5.75 Å². The monoisotopic (exact) mass is 278 g/mol. The third-order valence-corrected chi connectivity index (χ3v) is 2.56. The smallest absolute Gasteiger partial charge is 0.311 e. The van der Waals surface area contributed by atoms with Crippen LogP contribution in [0.4, 0.5) is 5.69 Å². The van der Waals surface area contributed by atoms with Crippen molar-refractivity contribution in [2.75, 3.05) is 13.2 Å². The van der Waals surface area contributed by atoms with E-state index in [2.05, 4.69) is 5.32 Å². The van der Waals surface area contributed by atoms with Crippen LogP contribution in [0.25, 0.3) is 0 Å². The Bertz CT molecular complexity index is 512. The Hall–Kier alpha value is -2.37. The predicted molar refractivity (Wildman–Crippen MR) is 76.0 cm³/mol. The number of ether oxygens (including phenoxy) is 1. The van der Waals surface area contributed by atoms with E-state index in [0.29, 0.717) is 13.0 Å². The second-order valence-electron chi connectivity index (χ2n) is 3.96. The molecule has 0 radical (unpaired) electrons. The maximum Gasteiger partial charge on any atom is 0.311 e. The highest BCUT2D eigenvalue weighted by molar-refractivity contribution is 5.98. The molecule has 0 bridgehead atoms. The fourth-order valence-electron chi connectivity index (χ4n) is 1.67. The molecular weight excluding hydrogens is 260 g/mol. The lowest BCUT2D eigenvalue weighted by Gasteiger charge is -2.10. The summed E-state index contributed by atoms with van der Waals surface area (Å²) in [5.41, 5.74) is -0.0190. The summed E-state index contributed by atoms with van der Waals surface area (Å²) in [4.78, 5) is 22.4. The molecule has 0 aliphatic rings. The van der Waals surface area contributed by atoms with Gasteiger partial charge in [0.25, 0.3) is 5.91 Å². The van der Waals surface area contributed by atoms with Crippen molar-refractivity contribution >= 4 is 11.6 Å². The quantitative estimate of drug-likeness (QED) is 0.360. The Morgan fingerprint density at radius 3 is 2.85 bits per heavy atom. The fraction of sp³-hybridized carbons (Fsp3) is 0.357. The van der Waals surface area contributed by atoms with Crippen molar-refractivity contribution in [2.45, 2.75) is 20.3 Å². The Labute approximate surface area is 117 Å². The van der Waals surface area contributed by atoms with Crippen LogP contribution in [0.2, 0.25) is 0 Å². The maximum absolute atomic E-state index is 12.0. The third-order valence-electron chi connectivity index (χ3n) is 2.56. The topological polar surface area (TPSA) is 81.5 Å². The SMILES string of the molecule is C/C=C/CCNC(=O)c1cccc([N+](=O)[O-])c1OCC. The van der Waals surface area contributed by atoms with Gasteiger partial charge >= 0.3 is 5.69 Å². The molecule has 1 aromatic carbocycles. The number of amides is 1. The van der Waals surface area contributed by atoms with Gasteiger partial charge in [0.05, 0.1) is 17.1 Å². The number of nitro benzene ring substituents is 1. The van der Waals surface area contributed by atoms with Crippen LogP contribution >= 0.6 is 0 Å². The minimum Gasteiger partial charge on any atom is -0.487 e. The Balaban J connectivity index is 2.95. The summed E-state index contributed by atoms with van der Waals surface area (Å²) < 4.78 is 5.26. The summed E-state index contributed by atoms with van der Waals surface area (Å²) in [6.07, 6.45) is 4.53. The molecular formula is C14H18N2O4. The van der Waals surface area contributed by atoms with E-state index in [1.807, 2.05) is 19.1 Å². The highest BCUT2D eigenvalue weighted by atomic mass is 16.6. The van der Waals surface area contributed by atoms with E-state index in [1.165, 1.54) is 18.2 Å². The molecule has 0 atom stereocenters. The molecule has 20 heavy (non-hydrogen) atoms. The van der Waals surface area contributed by atoms with Gasteiger partial charge in [-0.2, -0.15) is 0 Å². The number of nitrogens with one attached hydrogen (secondary N) is 1. The fourth-order valence-corrected chi connectivity index (χ4v) is 1.67. The minimum atomic E-state index is -0.554. The number of allylic oxidation sites excluding steroid dienone is 1. The average molecular weight is 278 g/mol. The van der Waals surface area contributed by atoms with E-state index in [0.717, 1.165) is 0 Å². The number of hydrogen-bond donors (Lipinski definition) is 1. The number of rotatable bonds is 7. The van der Waals surface area contributed by atoms with Crippen molar-refractivity contribution in [1.29, 1.82) is 0 Å². The summed E-state index contributed by atoms with van der Waals surface area (Å²) in [7, 11) is 0. The molecule has 1 amide bonds. The van der Waals surface area contributed by atoms with Crippen LogP contribution in [0.15, 0.2) is 30.4 Å². The molecule has 0 saturated heterocycles. The van der Waals surface area contributed by atoms with Crippen LogP contribution in [0.5, 0.6) is 5.75 Å². The Morgan fingerprint density at radius 2 is 2.25 bits per heavy atom. The van der Waals surface area contributed by atoms with E-state index in [1.54, 1.807) is 6.92 Å². The number of carbonyl (C=O) groups is 1. The van der Waals surface area contributed by atoms with Crippen LogP contribution in [0.1, 0.15) is 30.6 Å². The molecule has 1 rings (SSSR count). The van der Waals surface area contributed by atoms with Crippen LogP contribution in [0.3, 0.4) is 0 Å². The predicted octanol–water partition coefficient (Wildman–Crippen LogP) is 2.69. The van der Waals surface area contributed by atoms with Crippen LogP contribution in [-0.4, -0.2) is 24.0 Å². The summed E-state index contributed by atoms with van der Waals surface area (Å²) in [5, 5.41) is 13.7. The highest BCUT2D eigenvalue weighted by Gasteiger charge is 2.22. The molecule has 0 spiro atoms. The molecule has 108 valence electrons. The molecule has 1 N–H and O–H groups in total. The van der Waals surface area contributed by atoms with E-state index in [9.17, 15) is 14.9 Å². The zero-order chi connectivity index (χ0) is 15.0. The van der Waals surface area contributed by atoms with Gasteiger partial charge in [-0.15, -0.1) is 0 Å². The first-order valence-corrected chi connectivity index (χ1v) is 6.41. The van der Waals surface area contributed by atoms with Crippen molar-refractivity contribution in [1.82, 2.24) is 5.32 Å². The van der Waals surface area contributed by atoms with Gasteiger partial charge in [-0.05, 0) is 26.3 Å². The molecule has 6 heteroatoms. The molecule has 0 saturated carbocycles. The number of benzene rings is 1. The van der Waals surface area contributed by atoms with Gasteiger partial charge in [0, 0.05) is 12.6 Å². The van der Waals surface area contributed by atoms with Gasteiger partial charge in [-0.3, -0.25) is 14.9 Å². The molecule has 0 aliphatic heterocycles. The average Bonchev–Trinajstić information content (AvgIpc) is 2.43. The zero-order valence-corrected chi connectivity index (χ0v) is 11.6. The van der Waals surface area contributed by atoms with Gasteiger partial charge in [-0.25, -0.2) is 0 Å². The molecule has 0 fully saturated rings. The Kier molecular flexibility index (Phi) is 6.22. The second kappa shape index (κ2) is 7.93. The van der Waals surface area contributed by atoms with Crippen molar-refractivity contribution in [2.24, 2.45) is 0 Å². The summed E-state index contributed by atoms with van der Waals surface area (Å²) >= 11 is 0. The first kappa shape index (κ1) is 15.7. The molecule has 6 nitrogen and oxygen atoms in total. The van der Waals surface area contributed by atoms with Crippen molar-refractivity contribution in [3.05, 3.63) is 46.0 Å². The summed E-state index contributed by atoms with van der Waals surface area (Å²) in [6.45, 7) is 4.33. The number of para-hydroxylation sites is 1. The zero-order valence-electron chi connectivity index (χ0n) is 11.6. The lowest BCUT2D eigenvalue weighted by molar-refractivity contribution is -0.385. The molecule has 0 heterocycles. The largest absolute Gasteiger partial charge is 0.487 e. The minimum absolute atomic E-state index is 0.0172. The lowest BCUT2D eigenvalue weighted by atomic mass is 10.1. The van der Waals surface area contributed by atoms with Crippen molar-refractivity contribution < 1.29 is 14.5 Å². The van der Waals surface area contributed by atoms with Gasteiger partial charge in [-0.1, -0.05) is 18.2 Å². The number of carbonyl (C=O) groups excluding carboxylic acids is 1. The standard InChI is InChI=1S/C14H18N2O4/c1-3-5-6-10-15-14(17)11-8-7-9-12(16(18)19)13(11)20-4-2/h3,5,7-9H,4,6,10H2,1-2H3,(H,15,17)/b5-3+. The summed E-state index contributed by atoms with van der Waals surface area (Å²) in [6, 6.07) is 4.31. The van der Waals surface area contributed by atoms with E-state index < -0.39 is 4.92 Å². The van der Waals surface area contributed by atoms with E-state index in [-0.39, 0.29) is 29.5 Å². The summed E-state index contributed by atoms with van der Waals surface area (Å²) in [5.74, 6) is -0.356. The van der Waals surface area contributed by atoms with Crippen LogP contribution < -0.4 is 10.1 Å². The molecule has 1 aromatic rings. The first-order chi connectivity index (χ1) is 9.61. The van der Waals surface area contributed by atoms with Crippen molar-refractivity contribution in [3.8, 4) is 5.75 Å². The Morgan fingerprint density at radius 1 is 1.50 bits per heavy atom. The van der Waals surface area contributed by atoms with Crippen LogP contribution in [-0.2, 0) is 0 Å². The second-order valence-corrected chi connectivity index (χ2v) is 3.96. The highest BCUT2D eigenvalue weighted by Crippen LogP contribution is 2.30. The van der Waals surface area contributed by atoms with Gasteiger partial charge in [0.15, 0.2) is 0 Å². The third kappa shape index (κ3) is 4.08. The van der Waals surface area contributed by atoms with Crippen molar-refractivity contribution in [3.63, 3.8) is 0 Å². The van der Waals surface area contributed by atoms with E-state index in [4.69, 9.17) is 4.74 Å². The molecule has 0 aromatic heterocycles. The molecule has 0 unspecified atom stereocenters. The van der Waals surface area contributed by atoms with E-state index >= 15 is 0 Å². The maximum atomic E-state index is 12.0. The van der Waals surface area contributed by atoms with Gasteiger partial charge < -0.3 is 10.1 Å². The molecule has 0 aliphatic carbocycles.